The van der Waals surface area contributed by atoms with Crippen LogP contribution in [0.15, 0.2) is 24.0 Å². The third-order valence-electron chi connectivity index (χ3n) is 8.88. The minimum atomic E-state index is -0.292. The van der Waals surface area contributed by atoms with Crippen molar-refractivity contribution in [2.75, 3.05) is 53.4 Å². The third kappa shape index (κ3) is 5.95. The number of benzene rings is 1. The highest BCUT2D eigenvalue weighted by Crippen LogP contribution is 2.39. The Morgan fingerprint density at radius 1 is 1.18 bits per heavy atom. The van der Waals surface area contributed by atoms with Gasteiger partial charge in [-0.05, 0) is 57.2 Å². The van der Waals surface area contributed by atoms with Crippen LogP contribution in [0.1, 0.15) is 75.2 Å². The maximum Gasteiger partial charge on any atom is 0.257 e. The van der Waals surface area contributed by atoms with E-state index in [1.165, 1.54) is 6.42 Å². The molecular weight excluding hydrogens is 494 g/mol. The summed E-state index contributed by atoms with van der Waals surface area (Å²) >= 11 is 0. The van der Waals surface area contributed by atoms with Gasteiger partial charge in [-0.15, -0.1) is 0 Å². The summed E-state index contributed by atoms with van der Waals surface area (Å²) in [6.07, 6.45) is 7.75. The first-order valence-electron chi connectivity index (χ1n) is 14.5. The van der Waals surface area contributed by atoms with Crippen LogP contribution in [0.5, 0.6) is 5.75 Å². The molecule has 0 radical (unpaired) electrons. The van der Waals surface area contributed by atoms with E-state index in [9.17, 15) is 9.90 Å². The zero-order valence-corrected chi connectivity index (χ0v) is 24.2. The van der Waals surface area contributed by atoms with Gasteiger partial charge in [0.1, 0.15) is 17.5 Å². The quantitative estimate of drug-likeness (QED) is 0.500. The molecule has 0 aliphatic carbocycles. The number of H-pyrrole nitrogens is 1. The first-order chi connectivity index (χ1) is 18.7. The molecular formula is C30H45N5O4. The summed E-state index contributed by atoms with van der Waals surface area (Å²) < 4.78 is 12.2. The van der Waals surface area contributed by atoms with Gasteiger partial charge in [0.2, 0.25) is 0 Å². The summed E-state index contributed by atoms with van der Waals surface area (Å²) in [6, 6.07) is 3.40. The molecule has 2 aromatic rings. The molecule has 2 atom stereocenters. The fourth-order valence-electron chi connectivity index (χ4n) is 6.47. The lowest BCUT2D eigenvalue weighted by molar-refractivity contribution is -0.0456. The maximum absolute atomic E-state index is 13.8. The monoisotopic (exact) mass is 539 g/mol. The Balaban J connectivity index is 1.34. The number of ether oxygens (including phenoxy) is 2. The highest BCUT2D eigenvalue weighted by atomic mass is 16.5. The van der Waals surface area contributed by atoms with Gasteiger partial charge in [-0.25, -0.2) is 0 Å². The zero-order valence-electron chi connectivity index (χ0n) is 24.2. The number of aromatic nitrogens is 2. The molecule has 2 unspecified atom stereocenters. The predicted octanol–water partition coefficient (Wildman–Crippen LogP) is 4.51. The van der Waals surface area contributed by atoms with E-state index in [4.69, 9.17) is 9.47 Å². The molecule has 2 N–H and O–H groups in total. The van der Waals surface area contributed by atoms with E-state index < -0.39 is 0 Å². The molecule has 4 heterocycles. The molecule has 1 aromatic heterocycles. The number of phenolic OH excluding ortho intramolecular Hbond substituents is 1. The van der Waals surface area contributed by atoms with Crippen LogP contribution in [-0.4, -0.2) is 95.4 Å². The number of likely N-dealkylation sites (tertiary alicyclic amines) is 3. The standard InChI is InChI=1S/C30H45N5O4/c1-20(39-22-9-13-33(4)14-10-22)15-21-18-35(19-30(21,2)3)28(37)24-16-23-25(17-26(24)36)31-32-27(23)29(38-5)34-11-7-6-8-12-34/h15-17,21-22,29,36H,6-14,18-19H2,1-5H3,(H,31,32)/b20-15+. The van der Waals surface area contributed by atoms with Gasteiger partial charge in [0, 0.05) is 63.7 Å². The van der Waals surface area contributed by atoms with Crippen LogP contribution >= 0.6 is 0 Å². The van der Waals surface area contributed by atoms with Crippen molar-refractivity contribution >= 4 is 16.8 Å². The average Bonchev–Trinajstić information content (AvgIpc) is 3.45. The van der Waals surface area contributed by atoms with Crippen molar-refractivity contribution in [3.05, 3.63) is 35.2 Å². The van der Waals surface area contributed by atoms with Crippen LogP contribution < -0.4 is 0 Å². The molecule has 9 nitrogen and oxygen atoms in total. The van der Waals surface area contributed by atoms with Crippen LogP contribution in [0.3, 0.4) is 0 Å². The molecule has 3 aliphatic heterocycles. The topological polar surface area (TPSA) is 94.2 Å². The summed E-state index contributed by atoms with van der Waals surface area (Å²) in [5.74, 6) is 0.909. The number of aromatic amines is 1. The fourth-order valence-corrected chi connectivity index (χ4v) is 6.47. The molecule has 3 aliphatic rings. The number of rotatable bonds is 7. The van der Waals surface area contributed by atoms with E-state index in [1.54, 1.807) is 19.2 Å². The number of phenols is 1. The molecule has 3 saturated heterocycles. The zero-order chi connectivity index (χ0) is 27.7. The number of hydrogen-bond acceptors (Lipinski definition) is 7. The van der Waals surface area contributed by atoms with Crippen LogP contribution in [-0.2, 0) is 9.47 Å². The first-order valence-corrected chi connectivity index (χ1v) is 14.5. The van der Waals surface area contributed by atoms with Crippen molar-refractivity contribution in [1.29, 1.82) is 0 Å². The SMILES string of the molecule is COC(c1n[nH]c2cc(O)c(C(=O)N3CC(/C=C(\C)OC4CCN(C)CC4)C(C)(C)C3)cc12)N1CCCCC1. The van der Waals surface area contributed by atoms with Crippen molar-refractivity contribution in [2.24, 2.45) is 11.3 Å². The molecule has 39 heavy (non-hydrogen) atoms. The van der Waals surface area contributed by atoms with E-state index in [0.717, 1.165) is 68.7 Å². The number of nitrogens with one attached hydrogen (secondary N) is 1. The Morgan fingerprint density at radius 3 is 2.59 bits per heavy atom. The van der Waals surface area contributed by atoms with Crippen molar-refractivity contribution < 1.29 is 19.4 Å². The molecule has 5 rings (SSSR count). The Hall–Kier alpha value is -2.62. The lowest BCUT2D eigenvalue weighted by atomic mass is 9.82. The van der Waals surface area contributed by atoms with Crippen molar-refractivity contribution in [3.8, 4) is 5.75 Å². The number of allylic oxidation sites excluding steroid dienone is 1. The second-order valence-electron chi connectivity index (χ2n) is 12.4. The van der Waals surface area contributed by atoms with Gasteiger partial charge in [0.15, 0.2) is 6.23 Å². The van der Waals surface area contributed by atoms with Gasteiger partial charge in [0.05, 0.1) is 16.8 Å². The van der Waals surface area contributed by atoms with Gasteiger partial charge in [-0.1, -0.05) is 20.3 Å². The van der Waals surface area contributed by atoms with Gasteiger partial charge >= 0.3 is 0 Å². The average molecular weight is 540 g/mol. The van der Waals surface area contributed by atoms with Gasteiger partial charge in [-0.2, -0.15) is 5.10 Å². The summed E-state index contributed by atoms with van der Waals surface area (Å²) in [4.78, 5) is 20.3. The second kappa shape index (κ2) is 11.5. The number of fused-ring (bicyclic) bond motifs is 1. The molecule has 0 saturated carbocycles. The Morgan fingerprint density at radius 2 is 1.90 bits per heavy atom. The van der Waals surface area contributed by atoms with Crippen LogP contribution in [0, 0.1) is 11.3 Å². The van der Waals surface area contributed by atoms with E-state index in [-0.39, 0.29) is 35.3 Å². The van der Waals surface area contributed by atoms with E-state index in [0.29, 0.717) is 24.2 Å². The van der Waals surface area contributed by atoms with Crippen LogP contribution in [0.2, 0.25) is 0 Å². The number of aromatic hydroxyl groups is 1. The number of amides is 1. The molecule has 0 spiro atoms. The second-order valence-corrected chi connectivity index (χ2v) is 12.4. The van der Waals surface area contributed by atoms with Gasteiger partial charge in [0.25, 0.3) is 5.91 Å². The smallest absolute Gasteiger partial charge is 0.257 e. The lowest BCUT2D eigenvalue weighted by Crippen LogP contribution is -2.35. The van der Waals surface area contributed by atoms with Crippen LogP contribution in [0.4, 0.5) is 0 Å². The highest BCUT2D eigenvalue weighted by Gasteiger charge is 2.41. The third-order valence-corrected chi connectivity index (χ3v) is 8.88. The normalized spacial score (nSPS) is 24.4. The van der Waals surface area contributed by atoms with Gasteiger partial charge < -0.3 is 24.4 Å². The summed E-state index contributed by atoms with van der Waals surface area (Å²) in [5.41, 5.74) is 1.65. The van der Waals surface area contributed by atoms with E-state index >= 15 is 0 Å². The Labute approximate surface area is 232 Å². The molecule has 0 bridgehead atoms. The number of carbonyl (C=O) groups is 1. The van der Waals surface area contributed by atoms with E-state index in [2.05, 4.69) is 47.0 Å². The molecule has 1 amide bonds. The molecule has 9 heteroatoms. The van der Waals surface area contributed by atoms with Crippen LogP contribution in [0.25, 0.3) is 10.9 Å². The number of piperidine rings is 2. The summed E-state index contributed by atoms with van der Waals surface area (Å²) in [7, 11) is 3.85. The van der Waals surface area contributed by atoms with E-state index in [1.807, 2.05) is 11.8 Å². The maximum atomic E-state index is 13.8. The van der Waals surface area contributed by atoms with Gasteiger partial charge in [-0.3, -0.25) is 14.8 Å². The number of hydrogen-bond donors (Lipinski definition) is 2. The number of nitrogens with zero attached hydrogens (tertiary/aromatic N) is 4. The molecule has 214 valence electrons. The summed E-state index contributed by atoms with van der Waals surface area (Å²) in [6.45, 7) is 11.7. The van der Waals surface area contributed by atoms with Crippen molar-refractivity contribution in [2.45, 2.75) is 65.2 Å². The predicted molar refractivity (Wildman–Crippen MR) is 151 cm³/mol. The minimum Gasteiger partial charge on any atom is -0.507 e. The van der Waals surface area contributed by atoms with Crippen molar-refractivity contribution in [1.82, 2.24) is 24.9 Å². The molecule has 1 aromatic carbocycles. The minimum absolute atomic E-state index is 0.0341. The Kier molecular flexibility index (Phi) is 8.21. The first kappa shape index (κ1) is 27.9. The fraction of sp³-hybridized carbons (Fsp3) is 0.667. The molecule has 3 fully saturated rings. The lowest BCUT2D eigenvalue weighted by Gasteiger charge is -2.32. The van der Waals surface area contributed by atoms with Crippen molar-refractivity contribution in [3.63, 3.8) is 0 Å². The summed E-state index contributed by atoms with van der Waals surface area (Å²) in [5, 5.41) is 19.3. The number of methoxy groups -OCH3 is 1. The highest BCUT2D eigenvalue weighted by molar-refractivity contribution is 6.01. The largest absolute Gasteiger partial charge is 0.507 e. The Bertz CT molecular complexity index is 1190. The number of carbonyl (C=O) groups excluding carboxylic acids is 1.